The molecule has 2 rings (SSSR count). The molecule has 22 heavy (non-hydrogen) atoms. The Morgan fingerprint density at radius 2 is 1.82 bits per heavy atom. The minimum atomic E-state index is -0.555. The Hall–Kier alpha value is -0.810. The molecule has 2 N–H and O–H groups in total. The Morgan fingerprint density at radius 3 is 2.36 bits per heavy atom. The van der Waals surface area contributed by atoms with Crippen LogP contribution >= 0.6 is 0 Å². The summed E-state index contributed by atoms with van der Waals surface area (Å²) in [4.78, 5) is 9.62. The van der Waals surface area contributed by atoms with Crippen molar-refractivity contribution in [1.82, 2.24) is 15.1 Å². The van der Waals surface area contributed by atoms with Gasteiger partial charge in [0, 0.05) is 39.3 Å². The zero-order chi connectivity index (χ0) is 16.0. The van der Waals surface area contributed by atoms with E-state index in [2.05, 4.69) is 35.9 Å². The maximum atomic E-state index is 10.5. The molecule has 1 aliphatic heterocycles. The maximum Gasteiger partial charge on any atom is 0.194 e. The first kappa shape index (κ1) is 17.5. The minimum absolute atomic E-state index is 0.543. The van der Waals surface area contributed by atoms with E-state index in [1.54, 1.807) is 0 Å². The van der Waals surface area contributed by atoms with Crippen molar-refractivity contribution in [2.75, 3.05) is 45.8 Å². The van der Waals surface area contributed by atoms with Crippen LogP contribution in [0.15, 0.2) is 4.99 Å². The number of nitrogens with zero attached hydrogens (tertiary/aromatic N) is 3. The van der Waals surface area contributed by atoms with Crippen LogP contribution in [0.25, 0.3) is 0 Å². The minimum Gasteiger partial charge on any atom is -0.388 e. The van der Waals surface area contributed by atoms with E-state index < -0.39 is 5.60 Å². The van der Waals surface area contributed by atoms with Gasteiger partial charge >= 0.3 is 0 Å². The quantitative estimate of drug-likeness (QED) is 0.597. The van der Waals surface area contributed by atoms with Crippen LogP contribution in [0.1, 0.15) is 46.5 Å². The first-order valence-electron chi connectivity index (χ1n) is 9.00. The van der Waals surface area contributed by atoms with Crippen LogP contribution in [0.5, 0.6) is 0 Å². The number of rotatable bonds is 5. The van der Waals surface area contributed by atoms with E-state index in [0.717, 1.165) is 70.3 Å². The van der Waals surface area contributed by atoms with Gasteiger partial charge in [-0.05, 0) is 25.7 Å². The highest BCUT2D eigenvalue weighted by Gasteiger charge is 2.31. The summed E-state index contributed by atoms with van der Waals surface area (Å²) in [5.41, 5.74) is -0.555. The lowest BCUT2D eigenvalue weighted by Gasteiger charge is -2.37. The normalized spacial score (nSPS) is 23.3. The van der Waals surface area contributed by atoms with Crippen molar-refractivity contribution >= 4 is 5.96 Å². The number of hydrogen-bond donors (Lipinski definition) is 2. The number of nitrogens with one attached hydrogen (secondary N) is 1. The Kier molecular flexibility index (Phi) is 6.50. The molecule has 5 nitrogen and oxygen atoms in total. The molecule has 0 aromatic carbocycles. The van der Waals surface area contributed by atoms with E-state index >= 15 is 0 Å². The van der Waals surface area contributed by atoms with Gasteiger partial charge in [-0.3, -0.25) is 9.89 Å². The molecule has 0 atom stereocenters. The number of guanidine groups is 1. The van der Waals surface area contributed by atoms with Crippen LogP contribution < -0.4 is 5.32 Å². The summed E-state index contributed by atoms with van der Waals surface area (Å²) < 4.78 is 0. The first-order valence-corrected chi connectivity index (χ1v) is 9.00. The van der Waals surface area contributed by atoms with Crippen molar-refractivity contribution in [2.24, 2.45) is 10.9 Å². The summed E-state index contributed by atoms with van der Waals surface area (Å²) in [6, 6.07) is 0. The van der Waals surface area contributed by atoms with Crippen LogP contribution in [-0.4, -0.2) is 72.3 Å². The Bertz CT molecular complexity index is 356. The zero-order valence-corrected chi connectivity index (χ0v) is 14.6. The third kappa shape index (κ3) is 5.13. The molecular formula is C17H34N4O. The smallest absolute Gasteiger partial charge is 0.194 e. The second-order valence-corrected chi connectivity index (χ2v) is 7.28. The summed E-state index contributed by atoms with van der Waals surface area (Å²) >= 11 is 0. The summed E-state index contributed by atoms with van der Waals surface area (Å²) in [7, 11) is 0. The molecule has 5 heteroatoms. The lowest BCUT2D eigenvalue weighted by molar-refractivity contribution is 0.0569. The van der Waals surface area contributed by atoms with Gasteiger partial charge in [0.25, 0.3) is 0 Å². The first-order chi connectivity index (χ1) is 10.5. The van der Waals surface area contributed by atoms with Gasteiger partial charge in [0.05, 0.1) is 12.1 Å². The molecule has 0 spiro atoms. The lowest BCUT2D eigenvalue weighted by Crippen LogP contribution is -2.53. The fraction of sp³-hybridized carbons (Fsp3) is 0.941. The second kappa shape index (κ2) is 8.16. The molecule has 1 aliphatic carbocycles. The van der Waals surface area contributed by atoms with Gasteiger partial charge in [-0.2, -0.15) is 0 Å². The average molecular weight is 310 g/mol. The van der Waals surface area contributed by atoms with E-state index in [1.165, 1.54) is 6.54 Å². The third-order valence-corrected chi connectivity index (χ3v) is 4.69. The highest BCUT2D eigenvalue weighted by atomic mass is 16.3. The molecule has 0 amide bonds. The topological polar surface area (TPSA) is 51.1 Å². The van der Waals surface area contributed by atoms with Crippen LogP contribution in [0.2, 0.25) is 0 Å². The van der Waals surface area contributed by atoms with Crippen LogP contribution in [0.3, 0.4) is 0 Å². The van der Waals surface area contributed by atoms with Gasteiger partial charge in [0.15, 0.2) is 5.96 Å². The lowest BCUT2D eigenvalue weighted by atomic mass is 10.0. The monoisotopic (exact) mass is 310 g/mol. The Balaban J connectivity index is 1.88. The number of aliphatic imine (C=N–C) groups is 1. The summed E-state index contributed by atoms with van der Waals surface area (Å²) in [5.74, 6) is 1.71. The van der Waals surface area contributed by atoms with Crippen molar-refractivity contribution in [3.63, 3.8) is 0 Å². The largest absolute Gasteiger partial charge is 0.388 e. The van der Waals surface area contributed by atoms with Gasteiger partial charge in [-0.15, -0.1) is 0 Å². The van der Waals surface area contributed by atoms with E-state index in [9.17, 15) is 5.11 Å². The predicted molar refractivity (Wildman–Crippen MR) is 92.2 cm³/mol. The number of piperazine rings is 1. The molecule has 1 heterocycles. The zero-order valence-electron chi connectivity index (χ0n) is 14.6. The molecule has 1 saturated heterocycles. The van der Waals surface area contributed by atoms with E-state index in [-0.39, 0.29) is 0 Å². The van der Waals surface area contributed by atoms with Gasteiger partial charge in [-0.1, -0.05) is 26.7 Å². The standard InChI is InChI=1S/C17H34N4O/c1-4-18-16(19-14-17(22)7-5-6-8-17)21-11-9-20(10-12-21)13-15(2)3/h15,22H,4-14H2,1-3H3,(H,18,19). The maximum absolute atomic E-state index is 10.5. The average Bonchev–Trinajstić information content (AvgIpc) is 2.91. The molecule has 1 saturated carbocycles. The van der Waals surface area contributed by atoms with Crippen LogP contribution in [-0.2, 0) is 0 Å². The van der Waals surface area contributed by atoms with E-state index in [1.807, 2.05) is 0 Å². The molecule has 0 radical (unpaired) electrons. The summed E-state index contributed by atoms with van der Waals surface area (Å²) in [6.45, 7) is 13.5. The summed E-state index contributed by atoms with van der Waals surface area (Å²) in [6.07, 6.45) is 4.07. The van der Waals surface area contributed by atoms with Gasteiger partial charge < -0.3 is 15.3 Å². The predicted octanol–water partition coefficient (Wildman–Crippen LogP) is 1.53. The molecule has 2 aliphatic rings. The third-order valence-electron chi connectivity index (χ3n) is 4.69. The van der Waals surface area contributed by atoms with Crippen molar-refractivity contribution < 1.29 is 5.11 Å². The van der Waals surface area contributed by atoms with Gasteiger partial charge in [0.2, 0.25) is 0 Å². The van der Waals surface area contributed by atoms with Crippen LogP contribution in [0, 0.1) is 5.92 Å². The van der Waals surface area contributed by atoms with E-state index in [4.69, 9.17) is 4.99 Å². The Labute approximate surface area is 135 Å². The highest BCUT2D eigenvalue weighted by molar-refractivity contribution is 5.80. The Morgan fingerprint density at radius 1 is 1.18 bits per heavy atom. The van der Waals surface area contributed by atoms with Gasteiger partial charge in [0.1, 0.15) is 0 Å². The van der Waals surface area contributed by atoms with Crippen molar-refractivity contribution in [3.8, 4) is 0 Å². The molecule has 0 bridgehead atoms. The molecule has 0 unspecified atom stereocenters. The molecular weight excluding hydrogens is 276 g/mol. The SMILES string of the molecule is CCNC(=NCC1(O)CCCC1)N1CCN(CC(C)C)CC1. The van der Waals surface area contributed by atoms with Crippen molar-refractivity contribution in [2.45, 2.75) is 52.1 Å². The molecule has 0 aromatic heterocycles. The second-order valence-electron chi connectivity index (χ2n) is 7.28. The fourth-order valence-electron chi connectivity index (χ4n) is 3.50. The number of aliphatic hydroxyl groups is 1. The van der Waals surface area contributed by atoms with E-state index in [0.29, 0.717) is 6.54 Å². The molecule has 2 fully saturated rings. The van der Waals surface area contributed by atoms with Crippen LogP contribution in [0.4, 0.5) is 0 Å². The molecule has 128 valence electrons. The fourth-order valence-corrected chi connectivity index (χ4v) is 3.50. The van der Waals surface area contributed by atoms with Crippen molar-refractivity contribution in [1.29, 1.82) is 0 Å². The number of hydrogen-bond acceptors (Lipinski definition) is 3. The summed E-state index contributed by atoms with van der Waals surface area (Å²) in [5, 5.41) is 13.9. The van der Waals surface area contributed by atoms with Crippen molar-refractivity contribution in [3.05, 3.63) is 0 Å². The van der Waals surface area contributed by atoms with Gasteiger partial charge in [-0.25, -0.2) is 0 Å². The highest BCUT2D eigenvalue weighted by Crippen LogP contribution is 2.29. The molecule has 0 aromatic rings.